The molecule has 5 nitrogen and oxygen atoms in total. The predicted octanol–water partition coefficient (Wildman–Crippen LogP) is 0.403. The second-order valence-corrected chi connectivity index (χ2v) is 2.80. The lowest BCUT2D eigenvalue weighted by molar-refractivity contribution is 0.120. The molecule has 0 saturated carbocycles. The van der Waals surface area contributed by atoms with E-state index in [0.29, 0.717) is 11.8 Å². The van der Waals surface area contributed by atoms with Gasteiger partial charge in [-0.05, 0) is 12.2 Å². The molecule has 1 rings (SSSR count). The highest BCUT2D eigenvalue weighted by molar-refractivity contribution is 7.80. The second-order valence-electron chi connectivity index (χ2n) is 2.39. The molecule has 1 heterocycles. The van der Waals surface area contributed by atoms with Gasteiger partial charge in [-0.15, -0.1) is 0 Å². The van der Waals surface area contributed by atoms with Crippen LogP contribution in [0.2, 0.25) is 0 Å². The lowest BCUT2D eigenvalue weighted by Crippen LogP contribution is -2.23. The molecule has 0 aliphatic carbocycles. The Labute approximate surface area is 82.1 Å². The lowest BCUT2D eigenvalue weighted by atomic mass is 10.6. The topological polar surface area (TPSA) is 51.1 Å². The van der Waals surface area contributed by atoms with Crippen molar-refractivity contribution in [1.82, 2.24) is 15.1 Å². The van der Waals surface area contributed by atoms with Gasteiger partial charge < -0.3 is 15.4 Å². The Morgan fingerprint density at radius 3 is 3.15 bits per heavy atom. The van der Waals surface area contributed by atoms with E-state index in [2.05, 4.69) is 15.7 Å². The van der Waals surface area contributed by atoms with Gasteiger partial charge in [-0.25, -0.2) is 4.68 Å². The maximum Gasteiger partial charge on any atom is 0.170 e. The zero-order valence-corrected chi connectivity index (χ0v) is 8.39. The van der Waals surface area contributed by atoms with Crippen molar-refractivity contribution in [3.8, 4) is 0 Å². The van der Waals surface area contributed by atoms with Gasteiger partial charge >= 0.3 is 0 Å². The number of aromatic nitrogens is 2. The molecule has 0 amide bonds. The maximum atomic E-state index is 4.92. The normalized spacial score (nSPS) is 9.69. The van der Waals surface area contributed by atoms with Gasteiger partial charge in [0.2, 0.25) is 0 Å². The number of methoxy groups -OCH3 is 1. The maximum absolute atomic E-state index is 4.92. The van der Waals surface area contributed by atoms with Crippen molar-refractivity contribution in [1.29, 1.82) is 0 Å². The second kappa shape index (κ2) is 4.78. The molecule has 2 N–H and O–H groups in total. The van der Waals surface area contributed by atoms with Crippen molar-refractivity contribution < 1.29 is 4.74 Å². The fourth-order valence-corrected chi connectivity index (χ4v) is 0.942. The van der Waals surface area contributed by atoms with Crippen molar-refractivity contribution in [3.63, 3.8) is 0 Å². The first-order valence-electron chi connectivity index (χ1n) is 3.76. The average molecular weight is 200 g/mol. The van der Waals surface area contributed by atoms with Crippen molar-refractivity contribution >= 4 is 23.0 Å². The SMILES string of the molecule is CNC(=S)Nc1cnn(COC)c1. The van der Waals surface area contributed by atoms with Crippen LogP contribution in [0.1, 0.15) is 0 Å². The molecular weight excluding hydrogens is 188 g/mol. The molecule has 72 valence electrons. The van der Waals surface area contributed by atoms with Gasteiger partial charge in [0, 0.05) is 14.2 Å². The fraction of sp³-hybridized carbons (Fsp3) is 0.429. The molecule has 0 unspecified atom stereocenters. The summed E-state index contributed by atoms with van der Waals surface area (Å²) in [5, 5.41) is 10.4. The van der Waals surface area contributed by atoms with Crippen LogP contribution < -0.4 is 10.6 Å². The molecule has 0 saturated heterocycles. The molecule has 1 aromatic heterocycles. The van der Waals surface area contributed by atoms with Crippen LogP contribution in [0, 0.1) is 0 Å². The Balaban J connectivity index is 2.53. The largest absolute Gasteiger partial charge is 0.366 e. The fourth-order valence-electron chi connectivity index (χ4n) is 0.825. The van der Waals surface area contributed by atoms with Gasteiger partial charge in [-0.1, -0.05) is 0 Å². The van der Waals surface area contributed by atoms with Gasteiger partial charge in [0.25, 0.3) is 0 Å². The molecule has 0 aromatic carbocycles. The Hall–Kier alpha value is -1.14. The van der Waals surface area contributed by atoms with E-state index in [4.69, 9.17) is 17.0 Å². The molecule has 0 aliphatic heterocycles. The van der Waals surface area contributed by atoms with E-state index in [1.165, 1.54) is 0 Å². The Morgan fingerprint density at radius 1 is 1.77 bits per heavy atom. The van der Waals surface area contributed by atoms with E-state index in [1.807, 2.05) is 6.20 Å². The molecule has 1 aromatic rings. The average Bonchev–Trinajstić information content (AvgIpc) is 2.53. The minimum Gasteiger partial charge on any atom is -0.366 e. The standard InChI is InChI=1S/C7H12N4OS/c1-8-7(13)10-6-3-9-11(4-6)5-12-2/h3-4H,5H2,1-2H3,(H2,8,10,13). The van der Waals surface area contributed by atoms with E-state index >= 15 is 0 Å². The van der Waals surface area contributed by atoms with Gasteiger partial charge in [0.1, 0.15) is 6.73 Å². The number of hydrogen-bond acceptors (Lipinski definition) is 3. The third kappa shape index (κ3) is 3.00. The number of ether oxygens (including phenoxy) is 1. The molecule has 13 heavy (non-hydrogen) atoms. The number of nitrogens with one attached hydrogen (secondary N) is 2. The van der Waals surface area contributed by atoms with E-state index in [-0.39, 0.29) is 0 Å². The summed E-state index contributed by atoms with van der Waals surface area (Å²) in [7, 11) is 3.38. The lowest BCUT2D eigenvalue weighted by Gasteiger charge is -2.02. The van der Waals surface area contributed by atoms with Gasteiger partial charge in [-0.2, -0.15) is 5.10 Å². The zero-order valence-electron chi connectivity index (χ0n) is 7.57. The summed E-state index contributed by atoms with van der Waals surface area (Å²) in [5.41, 5.74) is 0.844. The molecule has 0 aliphatic rings. The Kier molecular flexibility index (Phi) is 3.66. The van der Waals surface area contributed by atoms with Crippen molar-refractivity contribution in [3.05, 3.63) is 12.4 Å². The summed E-state index contributed by atoms with van der Waals surface area (Å²) in [4.78, 5) is 0. The Bertz CT molecular complexity index is 286. The number of rotatable bonds is 3. The highest BCUT2D eigenvalue weighted by Gasteiger charge is 1.98. The smallest absolute Gasteiger partial charge is 0.170 e. The monoisotopic (exact) mass is 200 g/mol. The summed E-state index contributed by atoms with van der Waals surface area (Å²) in [6, 6.07) is 0. The van der Waals surface area contributed by atoms with E-state index in [9.17, 15) is 0 Å². The third-order valence-electron chi connectivity index (χ3n) is 1.38. The quantitative estimate of drug-likeness (QED) is 0.692. The van der Waals surface area contributed by atoms with Crippen LogP contribution in [0.3, 0.4) is 0 Å². The van der Waals surface area contributed by atoms with Gasteiger partial charge in [0.05, 0.1) is 18.1 Å². The number of nitrogens with zero attached hydrogens (tertiary/aromatic N) is 2. The van der Waals surface area contributed by atoms with Crippen molar-refractivity contribution in [2.45, 2.75) is 6.73 Å². The molecule has 0 atom stereocenters. The first kappa shape index (κ1) is 9.94. The third-order valence-corrected chi connectivity index (χ3v) is 1.69. The minimum atomic E-state index is 0.438. The number of thiocarbonyl (C=S) groups is 1. The van der Waals surface area contributed by atoms with Gasteiger partial charge in [0.15, 0.2) is 5.11 Å². The van der Waals surface area contributed by atoms with Crippen LogP contribution in [-0.4, -0.2) is 29.1 Å². The van der Waals surface area contributed by atoms with Crippen molar-refractivity contribution in [2.75, 3.05) is 19.5 Å². The summed E-state index contributed by atoms with van der Waals surface area (Å²) >= 11 is 4.92. The van der Waals surface area contributed by atoms with Crippen molar-refractivity contribution in [2.24, 2.45) is 0 Å². The molecule has 0 radical (unpaired) electrons. The van der Waals surface area contributed by atoms with Crippen LogP contribution in [0.5, 0.6) is 0 Å². The minimum absolute atomic E-state index is 0.438. The highest BCUT2D eigenvalue weighted by atomic mass is 32.1. The molecular formula is C7H12N4OS. The van der Waals surface area contributed by atoms with Crippen LogP contribution in [-0.2, 0) is 11.5 Å². The first-order chi connectivity index (χ1) is 6.26. The summed E-state index contributed by atoms with van der Waals surface area (Å²) < 4.78 is 6.56. The Morgan fingerprint density at radius 2 is 2.54 bits per heavy atom. The molecule has 0 fully saturated rings. The first-order valence-corrected chi connectivity index (χ1v) is 4.17. The summed E-state index contributed by atoms with van der Waals surface area (Å²) in [5.74, 6) is 0. The highest BCUT2D eigenvalue weighted by Crippen LogP contribution is 2.03. The van der Waals surface area contributed by atoms with Crippen LogP contribution in [0.25, 0.3) is 0 Å². The van der Waals surface area contributed by atoms with E-state index in [1.54, 1.807) is 25.0 Å². The molecule has 0 spiro atoms. The summed E-state index contributed by atoms with van der Waals surface area (Å²) in [6.45, 7) is 0.438. The van der Waals surface area contributed by atoms with Crippen LogP contribution in [0.15, 0.2) is 12.4 Å². The van der Waals surface area contributed by atoms with E-state index < -0.39 is 0 Å². The van der Waals surface area contributed by atoms with Gasteiger partial charge in [-0.3, -0.25) is 0 Å². The molecule has 0 bridgehead atoms. The van der Waals surface area contributed by atoms with Crippen LogP contribution in [0.4, 0.5) is 5.69 Å². The van der Waals surface area contributed by atoms with Crippen LogP contribution >= 0.6 is 12.2 Å². The number of anilines is 1. The predicted molar refractivity (Wildman–Crippen MR) is 54.5 cm³/mol. The zero-order chi connectivity index (χ0) is 9.68. The molecule has 6 heteroatoms. The summed E-state index contributed by atoms with van der Waals surface area (Å²) in [6.07, 6.45) is 3.50. The van der Waals surface area contributed by atoms with E-state index in [0.717, 1.165) is 5.69 Å². The number of hydrogen-bond donors (Lipinski definition) is 2.